The summed E-state index contributed by atoms with van der Waals surface area (Å²) >= 11 is 6.20. The van der Waals surface area contributed by atoms with Crippen LogP contribution in [-0.2, 0) is 6.54 Å². The van der Waals surface area contributed by atoms with Crippen LogP contribution in [0, 0.1) is 13.8 Å². The molecule has 0 bridgehead atoms. The van der Waals surface area contributed by atoms with Crippen molar-refractivity contribution in [2.75, 3.05) is 5.32 Å². The molecule has 1 N–H and O–H groups in total. The zero-order valence-corrected chi connectivity index (χ0v) is 12.9. The van der Waals surface area contributed by atoms with Gasteiger partial charge in [-0.25, -0.2) is 0 Å². The third-order valence-electron chi connectivity index (χ3n) is 3.69. The van der Waals surface area contributed by atoms with Crippen LogP contribution in [0.2, 0.25) is 5.02 Å². The Bertz CT molecular complexity index is 796. The molecule has 2 nitrogen and oxygen atoms in total. The summed E-state index contributed by atoms with van der Waals surface area (Å²) in [6.07, 6.45) is 1.77. The molecule has 106 valence electrons. The van der Waals surface area contributed by atoms with Crippen molar-refractivity contribution in [3.63, 3.8) is 0 Å². The molecule has 0 saturated carbocycles. The van der Waals surface area contributed by atoms with Gasteiger partial charge in [-0.1, -0.05) is 35.4 Å². The Labute approximate surface area is 129 Å². The van der Waals surface area contributed by atoms with E-state index in [-0.39, 0.29) is 0 Å². The number of rotatable bonds is 3. The van der Waals surface area contributed by atoms with Crippen molar-refractivity contribution < 1.29 is 0 Å². The van der Waals surface area contributed by atoms with E-state index in [0.717, 1.165) is 23.1 Å². The first-order valence-corrected chi connectivity index (χ1v) is 7.36. The van der Waals surface area contributed by atoms with Gasteiger partial charge >= 0.3 is 0 Å². The fourth-order valence-corrected chi connectivity index (χ4v) is 2.74. The second-order valence-corrected chi connectivity index (χ2v) is 5.69. The monoisotopic (exact) mass is 296 g/mol. The van der Waals surface area contributed by atoms with E-state index in [1.54, 1.807) is 6.20 Å². The summed E-state index contributed by atoms with van der Waals surface area (Å²) in [5.74, 6) is 0. The lowest BCUT2D eigenvalue weighted by Gasteiger charge is -2.12. The number of aryl methyl sites for hydroxylation is 2. The standard InChI is InChI=1S/C18H17ClN2/c1-12-5-6-14(13(2)10-12)11-21-17-8-7-16(19)18-15(17)4-3-9-20-18/h3-10,21H,11H2,1-2H3. The molecule has 0 radical (unpaired) electrons. The van der Waals surface area contributed by atoms with Crippen LogP contribution in [0.15, 0.2) is 48.7 Å². The number of halogens is 1. The van der Waals surface area contributed by atoms with E-state index in [0.29, 0.717) is 5.02 Å². The summed E-state index contributed by atoms with van der Waals surface area (Å²) in [6.45, 7) is 5.05. The first-order valence-electron chi connectivity index (χ1n) is 6.98. The van der Waals surface area contributed by atoms with Crippen LogP contribution in [0.5, 0.6) is 0 Å². The molecule has 0 atom stereocenters. The van der Waals surface area contributed by atoms with Crippen molar-refractivity contribution in [3.8, 4) is 0 Å². The smallest absolute Gasteiger partial charge is 0.0908 e. The number of nitrogens with one attached hydrogen (secondary N) is 1. The van der Waals surface area contributed by atoms with Gasteiger partial charge in [0, 0.05) is 23.8 Å². The molecule has 3 aromatic rings. The summed E-state index contributed by atoms with van der Waals surface area (Å²) < 4.78 is 0. The number of hydrogen-bond acceptors (Lipinski definition) is 2. The van der Waals surface area contributed by atoms with E-state index in [1.807, 2.05) is 24.3 Å². The van der Waals surface area contributed by atoms with Crippen molar-refractivity contribution >= 4 is 28.2 Å². The zero-order valence-electron chi connectivity index (χ0n) is 12.2. The lowest BCUT2D eigenvalue weighted by molar-refractivity contribution is 1.12. The van der Waals surface area contributed by atoms with Crippen LogP contribution in [0.4, 0.5) is 5.69 Å². The molecule has 3 rings (SSSR count). The molecule has 3 heteroatoms. The van der Waals surface area contributed by atoms with Crippen molar-refractivity contribution in [1.29, 1.82) is 0 Å². The SMILES string of the molecule is Cc1ccc(CNc2ccc(Cl)c3ncccc23)c(C)c1. The van der Waals surface area contributed by atoms with Gasteiger partial charge in [-0.15, -0.1) is 0 Å². The summed E-state index contributed by atoms with van der Waals surface area (Å²) in [5, 5.41) is 5.23. The Kier molecular flexibility index (Phi) is 3.80. The molecule has 0 saturated heterocycles. The minimum absolute atomic E-state index is 0.683. The van der Waals surface area contributed by atoms with Crippen molar-refractivity contribution in [1.82, 2.24) is 4.98 Å². The van der Waals surface area contributed by atoms with E-state index in [1.165, 1.54) is 16.7 Å². The minimum atomic E-state index is 0.683. The molecule has 1 heterocycles. The molecular formula is C18H17ClN2. The molecule has 1 aromatic heterocycles. The molecular weight excluding hydrogens is 280 g/mol. The lowest BCUT2D eigenvalue weighted by atomic mass is 10.1. The van der Waals surface area contributed by atoms with Crippen LogP contribution in [0.25, 0.3) is 10.9 Å². The quantitative estimate of drug-likeness (QED) is 0.726. The zero-order chi connectivity index (χ0) is 14.8. The minimum Gasteiger partial charge on any atom is -0.380 e. The fraction of sp³-hybridized carbons (Fsp3) is 0.167. The third-order valence-corrected chi connectivity index (χ3v) is 3.99. The molecule has 0 aliphatic rings. The van der Waals surface area contributed by atoms with Gasteiger partial charge in [0.2, 0.25) is 0 Å². The number of pyridine rings is 1. The van der Waals surface area contributed by atoms with Crippen LogP contribution < -0.4 is 5.32 Å². The summed E-state index contributed by atoms with van der Waals surface area (Å²) in [4.78, 5) is 4.35. The molecule has 0 aliphatic heterocycles. The maximum absolute atomic E-state index is 6.20. The molecule has 0 amide bonds. The van der Waals surface area contributed by atoms with Crippen LogP contribution in [-0.4, -0.2) is 4.98 Å². The Morgan fingerprint density at radius 1 is 1.10 bits per heavy atom. The van der Waals surface area contributed by atoms with E-state index in [2.05, 4.69) is 42.3 Å². The highest BCUT2D eigenvalue weighted by atomic mass is 35.5. The normalized spacial score (nSPS) is 10.8. The fourth-order valence-electron chi connectivity index (χ4n) is 2.53. The number of benzene rings is 2. The predicted molar refractivity (Wildman–Crippen MR) is 90.0 cm³/mol. The van der Waals surface area contributed by atoms with Gasteiger partial charge in [-0.05, 0) is 49.2 Å². The van der Waals surface area contributed by atoms with E-state index >= 15 is 0 Å². The molecule has 21 heavy (non-hydrogen) atoms. The Balaban J connectivity index is 1.90. The first-order chi connectivity index (χ1) is 10.1. The maximum atomic E-state index is 6.20. The van der Waals surface area contributed by atoms with Crippen molar-refractivity contribution in [3.05, 3.63) is 70.4 Å². The van der Waals surface area contributed by atoms with Crippen molar-refractivity contribution in [2.45, 2.75) is 20.4 Å². The van der Waals surface area contributed by atoms with Crippen LogP contribution in [0.3, 0.4) is 0 Å². The summed E-state index contributed by atoms with van der Waals surface area (Å²) in [7, 11) is 0. The Hall–Kier alpha value is -2.06. The average Bonchev–Trinajstić information content (AvgIpc) is 2.48. The number of nitrogens with zero attached hydrogens (tertiary/aromatic N) is 1. The van der Waals surface area contributed by atoms with Crippen molar-refractivity contribution in [2.24, 2.45) is 0 Å². The number of aromatic nitrogens is 1. The topological polar surface area (TPSA) is 24.9 Å². The first kappa shape index (κ1) is 13.9. The number of hydrogen-bond donors (Lipinski definition) is 1. The number of anilines is 1. The number of fused-ring (bicyclic) bond motifs is 1. The van der Waals surface area contributed by atoms with Gasteiger partial charge in [-0.3, -0.25) is 4.98 Å². The molecule has 0 fully saturated rings. The second-order valence-electron chi connectivity index (χ2n) is 5.28. The maximum Gasteiger partial charge on any atom is 0.0908 e. The van der Waals surface area contributed by atoms with Crippen LogP contribution in [0.1, 0.15) is 16.7 Å². The highest BCUT2D eigenvalue weighted by molar-refractivity contribution is 6.35. The van der Waals surface area contributed by atoms with Gasteiger partial charge in [0.05, 0.1) is 10.5 Å². The summed E-state index contributed by atoms with van der Waals surface area (Å²) in [5.41, 5.74) is 5.79. The van der Waals surface area contributed by atoms with Gasteiger partial charge in [0.25, 0.3) is 0 Å². The van der Waals surface area contributed by atoms with E-state index in [4.69, 9.17) is 11.6 Å². The Morgan fingerprint density at radius 2 is 1.95 bits per heavy atom. The largest absolute Gasteiger partial charge is 0.380 e. The third kappa shape index (κ3) is 2.86. The van der Waals surface area contributed by atoms with Gasteiger partial charge < -0.3 is 5.32 Å². The Morgan fingerprint density at radius 3 is 2.76 bits per heavy atom. The van der Waals surface area contributed by atoms with E-state index in [9.17, 15) is 0 Å². The highest BCUT2D eigenvalue weighted by Crippen LogP contribution is 2.28. The molecule has 0 unspecified atom stereocenters. The molecule has 2 aromatic carbocycles. The van der Waals surface area contributed by atoms with E-state index < -0.39 is 0 Å². The predicted octanol–water partition coefficient (Wildman–Crippen LogP) is 5.12. The summed E-state index contributed by atoms with van der Waals surface area (Å²) in [6, 6.07) is 14.4. The molecule has 0 aliphatic carbocycles. The van der Waals surface area contributed by atoms with Gasteiger partial charge in [0.15, 0.2) is 0 Å². The van der Waals surface area contributed by atoms with Crippen LogP contribution >= 0.6 is 11.6 Å². The van der Waals surface area contributed by atoms with Gasteiger partial charge in [-0.2, -0.15) is 0 Å². The highest BCUT2D eigenvalue weighted by Gasteiger charge is 2.06. The second kappa shape index (κ2) is 5.74. The lowest BCUT2D eigenvalue weighted by Crippen LogP contribution is -2.02. The average molecular weight is 297 g/mol. The molecule has 0 spiro atoms. The van der Waals surface area contributed by atoms with Gasteiger partial charge in [0.1, 0.15) is 0 Å².